The van der Waals surface area contributed by atoms with E-state index in [-0.39, 0.29) is 53.7 Å². The first kappa shape index (κ1) is 23.1. The monoisotopic (exact) mass is 446 g/mol. The number of fused-ring (bicyclic) bond motifs is 5. The molecule has 2 N–H and O–H groups in total. The van der Waals surface area contributed by atoms with E-state index in [2.05, 4.69) is 13.8 Å². The summed E-state index contributed by atoms with van der Waals surface area (Å²) in [5.74, 6) is -1.29. The Balaban J connectivity index is 1.49. The van der Waals surface area contributed by atoms with Gasteiger partial charge in [0.25, 0.3) is 0 Å². The van der Waals surface area contributed by atoms with Crippen LogP contribution < -0.4 is 0 Å². The Kier molecular flexibility index (Phi) is 6.07. The molecule has 4 aliphatic carbocycles. The van der Waals surface area contributed by atoms with Crippen LogP contribution in [0.4, 0.5) is 0 Å². The summed E-state index contributed by atoms with van der Waals surface area (Å²) in [6.45, 7) is 4.07. The van der Waals surface area contributed by atoms with Gasteiger partial charge in [0.15, 0.2) is 5.78 Å². The molecule has 7 heteroatoms. The summed E-state index contributed by atoms with van der Waals surface area (Å²) in [6.07, 6.45) is 5.90. The van der Waals surface area contributed by atoms with Crippen molar-refractivity contribution < 1.29 is 34.1 Å². The second-order valence-electron chi connectivity index (χ2n) is 10.8. The van der Waals surface area contributed by atoms with Gasteiger partial charge in [0.1, 0.15) is 18.8 Å². The zero-order valence-corrected chi connectivity index (χ0v) is 19.0. The molecule has 7 nitrogen and oxygen atoms in total. The number of carbonyl (C=O) groups is 4. The largest absolute Gasteiger partial charge is 0.481 e. The molecule has 3 fully saturated rings. The minimum atomic E-state index is -1.05. The quantitative estimate of drug-likeness (QED) is 0.475. The van der Waals surface area contributed by atoms with E-state index in [0.717, 1.165) is 25.7 Å². The highest BCUT2D eigenvalue weighted by molar-refractivity contribution is 5.97. The Morgan fingerprint density at radius 1 is 1.16 bits per heavy atom. The van der Waals surface area contributed by atoms with E-state index < -0.39 is 18.0 Å². The number of aliphatic carboxylic acids is 1. The second kappa shape index (κ2) is 8.40. The van der Waals surface area contributed by atoms with Crippen LogP contribution in [-0.4, -0.2) is 46.4 Å². The van der Waals surface area contributed by atoms with Gasteiger partial charge < -0.3 is 14.9 Å². The number of esters is 1. The topological polar surface area (TPSA) is 118 Å². The van der Waals surface area contributed by atoms with Crippen molar-refractivity contribution in [2.75, 3.05) is 6.61 Å². The predicted molar refractivity (Wildman–Crippen MR) is 114 cm³/mol. The van der Waals surface area contributed by atoms with Gasteiger partial charge >= 0.3 is 11.9 Å². The number of carboxylic acids is 1. The van der Waals surface area contributed by atoms with E-state index in [1.54, 1.807) is 0 Å². The Labute approximate surface area is 188 Å². The number of Topliss-reactive ketones (excluding diaryl/α,β-unsaturated/α-hetero) is 1. The van der Waals surface area contributed by atoms with Gasteiger partial charge in [-0.05, 0) is 73.2 Å². The van der Waals surface area contributed by atoms with Gasteiger partial charge in [-0.15, -0.1) is 0 Å². The second-order valence-corrected chi connectivity index (χ2v) is 10.8. The molecular weight excluding hydrogens is 412 g/mol. The molecule has 176 valence electrons. The Hall–Kier alpha value is -2.02. The molecule has 0 aliphatic heterocycles. The molecule has 0 spiro atoms. The third-order valence-corrected chi connectivity index (χ3v) is 9.18. The van der Waals surface area contributed by atoms with Crippen molar-refractivity contribution >= 4 is 23.5 Å². The lowest BCUT2D eigenvalue weighted by molar-refractivity contribution is -0.152. The molecule has 4 rings (SSSR count). The van der Waals surface area contributed by atoms with E-state index in [1.165, 1.54) is 5.57 Å². The number of carbonyl (C=O) groups excluding carboxylic acids is 3. The molecule has 0 radical (unpaired) electrons. The Morgan fingerprint density at radius 3 is 2.62 bits per heavy atom. The first-order chi connectivity index (χ1) is 15.1. The van der Waals surface area contributed by atoms with Gasteiger partial charge in [-0.2, -0.15) is 0 Å². The highest BCUT2D eigenvalue weighted by atomic mass is 16.5. The maximum atomic E-state index is 13.1. The SMILES string of the molecule is C[C@]12C[C@@H](O)[C@H]3[C@@H](CCC4=CC(=O)CC[C@@]43C)[C@@H]1CC[C@@H]2C(=O)CC(=O)OCCC(=O)O. The van der Waals surface area contributed by atoms with Gasteiger partial charge in [0, 0.05) is 12.3 Å². The maximum Gasteiger partial charge on any atom is 0.313 e. The zero-order valence-electron chi connectivity index (χ0n) is 19.0. The number of rotatable bonds is 6. The van der Waals surface area contributed by atoms with E-state index >= 15 is 0 Å². The van der Waals surface area contributed by atoms with Crippen molar-refractivity contribution in [1.29, 1.82) is 0 Å². The normalized spacial score (nSPS) is 40.5. The summed E-state index contributed by atoms with van der Waals surface area (Å²) in [6, 6.07) is 0. The van der Waals surface area contributed by atoms with Gasteiger partial charge in [0.05, 0.1) is 12.5 Å². The number of hydrogen-bond acceptors (Lipinski definition) is 6. The predicted octanol–water partition coefficient (Wildman–Crippen LogP) is 3.08. The zero-order chi connectivity index (χ0) is 23.3. The highest BCUT2D eigenvalue weighted by Gasteiger charge is 2.62. The fourth-order valence-electron chi connectivity index (χ4n) is 7.78. The average Bonchev–Trinajstić information content (AvgIpc) is 3.04. The Bertz CT molecular complexity index is 860. The summed E-state index contributed by atoms with van der Waals surface area (Å²) < 4.78 is 4.92. The molecule has 0 unspecified atom stereocenters. The highest BCUT2D eigenvalue weighted by Crippen LogP contribution is 2.66. The van der Waals surface area contributed by atoms with E-state index in [0.29, 0.717) is 31.1 Å². The van der Waals surface area contributed by atoms with Gasteiger partial charge in [0.2, 0.25) is 0 Å². The molecule has 3 saturated carbocycles. The van der Waals surface area contributed by atoms with E-state index in [9.17, 15) is 24.3 Å². The van der Waals surface area contributed by atoms with Crippen molar-refractivity contribution in [2.24, 2.45) is 34.5 Å². The molecule has 7 atom stereocenters. The third kappa shape index (κ3) is 3.82. The van der Waals surface area contributed by atoms with E-state index in [4.69, 9.17) is 9.84 Å². The van der Waals surface area contributed by atoms with Crippen molar-refractivity contribution in [2.45, 2.75) is 77.7 Å². The molecule has 0 aromatic carbocycles. The van der Waals surface area contributed by atoms with Crippen LogP contribution in [0.2, 0.25) is 0 Å². The molecule has 0 aromatic rings. The fourth-order valence-corrected chi connectivity index (χ4v) is 7.78. The van der Waals surface area contributed by atoms with Gasteiger partial charge in [-0.25, -0.2) is 0 Å². The van der Waals surface area contributed by atoms with Crippen molar-refractivity contribution in [3.8, 4) is 0 Å². The van der Waals surface area contributed by atoms with Crippen molar-refractivity contribution in [3.05, 3.63) is 11.6 Å². The van der Waals surface area contributed by atoms with Crippen LogP contribution >= 0.6 is 0 Å². The van der Waals surface area contributed by atoms with Crippen LogP contribution in [0.1, 0.15) is 71.6 Å². The molecule has 0 amide bonds. The average molecular weight is 447 g/mol. The number of ether oxygens (including phenoxy) is 1. The van der Waals surface area contributed by atoms with Crippen LogP contribution in [0.15, 0.2) is 11.6 Å². The molecule has 0 aromatic heterocycles. The lowest BCUT2D eigenvalue weighted by Crippen LogP contribution is -2.57. The molecule has 4 aliphatic rings. The Morgan fingerprint density at radius 2 is 1.91 bits per heavy atom. The maximum absolute atomic E-state index is 13.1. The number of hydrogen-bond donors (Lipinski definition) is 2. The summed E-state index contributed by atoms with van der Waals surface area (Å²) in [5, 5.41) is 20.0. The minimum Gasteiger partial charge on any atom is -0.481 e. The van der Waals surface area contributed by atoms with Crippen LogP contribution in [0, 0.1) is 34.5 Å². The van der Waals surface area contributed by atoms with Crippen molar-refractivity contribution in [1.82, 2.24) is 0 Å². The first-order valence-corrected chi connectivity index (χ1v) is 11.9. The summed E-state index contributed by atoms with van der Waals surface area (Å²) >= 11 is 0. The molecule has 32 heavy (non-hydrogen) atoms. The van der Waals surface area contributed by atoms with Gasteiger partial charge in [-0.3, -0.25) is 19.2 Å². The number of aliphatic hydroxyl groups excluding tert-OH is 1. The molecule has 0 saturated heterocycles. The van der Waals surface area contributed by atoms with E-state index in [1.807, 2.05) is 6.08 Å². The standard InChI is InChI=1S/C25H34O7/c1-24-9-7-15(26)11-14(24)3-4-16-17-5-6-18(25(17,2)13-20(28)23(16)24)19(27)12-22(31)32-10-8-21(29)30/h11,16-18,20,23,28H,3-10,12-13H2,1-2H3,(H,29,30)/t16-,17-,18+,20+,23+,24-,25-/m0/s1. The summed E-state index contributed by atoms with van der Waals surface area (Å²) in [7, 11) is 0. The number of allylic oxidation sites excluding steroid dienone is 1. The summed E-state index contributed by atoms with van der Waals surface area (Å²) in [4.78, 5) is 47.7. The number of ketones is 2. The number of carboxylic acid groups (broad SMARTS) is 1. The number of aliphatic hydroxyl groups is 1. The van der Waals surface area contributed by atoms with Crippen LogP contribution in [0.3, 0.4) is 0 Å². The van der Waals surface area contributed by atoms with Crippen molar-refractivity contribution in [3.63, 3.8) is 0 Å². The lowest BCUT2D eigenvalue weighted by atomic mass is 9.46. The fraction of sp³-hybridized carbons (Fsp3) is 0.760. The van der Waals surface area contributed by atoms with Crippen LogP contribution in [0.25, 0.3) is 0 Å². The minimum absolute atomic E-state index is 0.100. The summed E-state index contributed by atoms with van der Waals surface area (Å²) in [5.41, 5.74) is 0.668. The third-order valence-electron chi connectivity index (χ3n) is 9.18. The lowest BCUT2D eigenvalue weighted by Gasteiger charge is -2.59. The first-order valence-electron chi connectivity index (χ1n) is 11.9. The molecule has 0 heterocycles. The molecular formula is C25H34O7. The van der Waals surface area contributed by atoms with Crippen LogP contribution in [0.5, 0.6) is 0 Å². The van der Waals surface area contributed by atoms with Gasteiger partial charge in [-0.1, -0.05) is 19.4 Å². The molecule has 0 bridgehead atoms. The smallest absolute Gasteiger partial charge is 0.313 e. The van der Waals surface area contributed by atoms with Crippen LogP contribution in [-0.2, 0) is 23.9 Å².